The second-order valence-corrected chi connectivity index (χ2v) is 3.33. The van der Waals surface area contributed by atoms with Crippen molar-refractivity contribution in [3.63, 3.8) is 0 Å². The second kappa shape index (κ2) is 4.70. The van der Waals surface area contributed by atoms with Gasteiger partial charge in [0.1, 0.15) is 5.69 Å². The number of ether oxygens (including phenoxy) is 1. The number of hydrogen-bond donors (Lipinski definition) is 0. The van der Waals surface area contributed by atoms with E-state index in [9.17, 15) is 0 Å². The average molecular weight is 215 g/mol. The normalized spacial score (nSPS) is 10.1. The fraction of sp³-hybridized carbons (Fsp3) is 0.250. The lowest BCUT2D eigenvalue weighted by Gasteiger charge is -2.05. The molecule has 82 valence electrons. The summed E-state index contributed by atoms with van der Waals surface area (Å²) in [4.78, 5) is 4.34. The Balaban J connectivity index is 2.40. The maximum atomic E-state index is 5.39. The molecule has 0 unspecified atom stereocenters. The van der Waals surface area contributed by atoms with E-state index in [4.69, 9.17) is 4.74 Å². The van der Waals surface area contributed by atoms with Crippen LogP contribution in [0.3, 0.4) is 0 Å². The third kappa shape index (κ3) is 2.16. The number of hydrogen-bond acceptors (Lipinski definition) is 4. The van der Waals surface area contributed by atoms with Crippen LogP contribution in [0.1, 0.15) is 12.6 Å². The Hall–Kier alpha value is -1.97. The van der Waals surface area contributed by atoms with Crippen LogP contribution in [0.15, 0.2) is 30.3 Å². The largest absolute Gasteiger partial charge is 0.477 e. The smallest absolute Gasteiger partial charge is 0.239 e. The molecule has 0 aliphatic carbocycles. The molecule has 0 radical (unpaired) electrons. The third-order valence-electron chi connectivity index (χ3n) is 2.12. The molecule has 0 N–H and O–H groups in total. The first kappa shape index (κ1) is 10.5. The molecule has 1 aromatic heterocycles. The lowest BCUT2D eigenvalue weighted by molar-refractivity contribution is 0.321. The van der Waals surface area contributed by atoms with E-state index in [0.717, 1.165) is 5.56 Å². The number of benzene rings is 1. The van der Waals surface area contributed by atoms with Crippen molar-refractivity contribution < 1.29 is 4.74 Å². The lowest BCUT2D eigenvalue weighted by Crippen LogP contribution is -2.02. The van der Waals surface area contributed by atoms with Gasteiger partial charge in [-0.25, -0.2) is 0 Å². The van der Waals surface area contributed by atoms with Gasteiger partial charge in [0.2, 0.25) is 5.88 Å². The minimum atomic E-state index is 0.552. The average Bonchev–Trinajstić information content (AvgIpc) is 2.33. The van der Waals surface area contributed by atoms with Gasteiger partial charge >= 0.3 is 0 Å². The molecule has 2 rings (SSSR count). The highest BCUT2D eigenvalue weighted by atomic mass is 16.5. The van der Waals surface area contributed by atoms with Crippen molar-refractivity contribution in [2.45, 2.75) is 13.8 Å². The number of rotatable bonds is 3. The molecule has 0 aliphatic rings. The van der Waals surface area contributed by atoms with E-state index in [0.29, 0.717) is 24.0 Å². The first-order valence-electron chi connectivity index (χ1n) is 5.21. The molecule has 1 heterocycles. The Labute approximate surface area is 94.3 Å². The zero-order valence-electron chi connectivity index (χ0n) is 9.34. The molecule has 16 heavy (non-hydrogen) atoms. The van der Waals surface area contributed by atoms with Crippen LogP contribution >= 0.6 is 0 Å². The lowest BCUT2D eigenvalue weighted by atomic mass is 10.2. The summed E-state index contributed by atoms with van der Waals surface area (Å²) in [6.45, 7) is 4.33. The van der Waals surface area contributed by atoms with Gasteiger partial charge in [0.05, 0.1) is 6.61 Å². The summed E-state index contributed by atoms with van der Waals surface area (Å²) in [5.41, 5.74) is 1.65. The Morgan fingerprint density at radius 3 is 2.56 bits per heavy atom. The molecule has 0 fully saturated rings. The van der Waals surface area contributed by atoms with Gasteiger partial charge in [0.15, 0.2) is 5.82 Å². The molecule has 0 bridgehead atoms. The third-order valence-corrected chi connectivity index (χ3v) is 2.12. The zero-order valence-corrected chi connectivity index (χ0v) is 9.34. The molecule has 4 heteroatoms. The van der Waals surface area contributed by atoms with Gasteiger partial charge in [-0.05, 0) is 13.8 Å². The fourth-order valence-corrected chi connectivity index (χ4v) is 1.35. The van der Waals surface area contributed by atoms with Gasteiger partial charge < -0.3 is 4.74 Å². The SMILES string of the molecule is CCOc1nc(-c2ccccc2)nnc1C. The first-order valence-corrected chi connectivity index (χ1v) is 5.21. The summed E-state index contributed by atoms with van der Waals surface area (Å²) in [6.07, 6.45) is 0. The van der Waals surface area contributed by atoms with Gasteiger partial charge in [-0.3, -0.25) is 0 Å². The summed E-state index contributed by atoms with van der Waals surface area (Å²) in [7, 11) is 0. The molecular weight excluding hydrogens is 202 g/mol. The standard InChI is InChI=1S/C12H13N3O/c1-3-16-12-9(2)14-15-11(13-12)10-7-5-4-6-8-10/h4-8H,3H2,1-2H3. The van der Waals surface area contributed by atoms with E-state index in [1.807, 2.05) is 44.2 Å². The van der Waals surface area contributed by atoms with E-state index in [1.54, 1.807) is 0 Å². The van der Waals surface area contributed by atoms with Crippen molar-refractivity contribution >= 4 is 0 Å². The van der Waals surface area contributed by atoms with Gasteiger partial charge in [0, 0.05) is 5.56 Å². The van der Waals surface area contributed by atoms with E-state index in [1.165, 1.54) is 0 Å². The Bertz CT molecular complexity index is 471. The van der Waals surface area contributed by atoms with Crippen molar-refractivity contribution in [2.75, 3.05) is 6.61 Å². The van der Waals surface area contributed by atoms with Crippen LogP contribution in [-0.2, 0) is 0 Å². The predicted molar refractivity (Wildman–Crippen MR) is 61.2 cm³/mol. The van der Waals surface area contributed by atoms with Crippen molar-refractivity contribution in [3.8, 4) is 17.3 Å². The molecule has 0 spiro atoms. The summed E-state index contributed by atoms with van der Waals surface area (Å²) in [5, 5.41) is 8.09. The second-order valence-electron chi connectivity index (χ2n) is 3.33. The number of aromatic nitrogens is 3. The summed E-state index contributed by atoms with van der Waals surface area (Å²) in [6, 6.07) is 9.73. The topological polar surface area (TPSA) is 47.9 Å². The maximum Gasteiger partial charge on any atom is 0.239 e. The Morgan fingerprint density at radius 1 is 1.12 bits per heavy atom. The molecule has 0 amide bonds. The molecule has 0 atom stereocenters. The van der Waals surface area contributed by atoms with Crippen molar-refractivity contribution in [3.05, 3.63) is 36.0 Å². The van der Waals surface area contributed by atoms with E-state index >= 15 is 0 Å². The highest BCUT2D eigenvalue weighted by Gasteiger charge is 2.07. The fourth-order valence-electron chi connectivity index (χ4n) is 1.35. The van der Waals surface area contributed by atoms with Crippen LogP contribution in [0.2, 0.25) is 0 Å². The summed E-state index contributed by atoms with van der Waals surface area (Å²) in [5.74, 6) is 1.14. The van der Waals surface area contributed by atoms with Gasteiger partial charge in [-0.1, -0.05) is 30.3 Å². The van der Waals surface area contributed by atoms with E-state index < -0.39 is 0 Å². The van der Waals surface area contributed by atoms with Crippen LogP contribution in [0.4, 0.5) is 0 Å². The Kier molecular flexibility index (Phi) is 3.10. The zero-order chi connectivity index (χ0) is 11.4. The number of nitrogens with zero attached hydrogens (tertiary/aromatic N) is 3. The first-order chi connectivity index (χ1) is 7.81. The van der Waals surface area contributed by atoms with Crippen molar-refractivity contribution in [1.29, 1.82) is 0 Å². The molecule has 4 nitrogen and oxygen atoms in total. The van der Waals surface area contributed by atoms with Gasteiger partial charge in [0.25, 0.3) is 0 Å². The van der Waals surface area contributed by atoms with E-state index in [-0.39, 0.29) is 0 Å². The quantitative estimate of drug-likeness (QED) is 0.787. The molecule has 1 aromatic carbocycles. The van der Waals surface area contributed by atoms with Crippen LogP contribution in [0.5, 0.6) is 5.88 Å². The molecule has 0 saturated carbocycles. The number of aryl methyl sites for hydroxylation is 1. The highest BCUT2D eigenvalue weighted by molar-refractivity contribution is 5.54. The molecule has 0 aliphatic heterocycles. The van der Waals surface area contributed by atoms with Crippen LogP contribution in [0.25, 0.3) is 11.4 Å². The monoisotopic (exact) mass is 215 g/mol. The summed E-state index contributed by atoms with van der Waals surface area (Å²) < 4.78 is 5.39. The van der Waals surface area contributed by atoms with Crippen LogP contribution < -0.4 is 4.74 Å². The maximum absolute atomic E-state index is 5.39. The van der Waals surface area contributed by atoms with Crippen LogP contribution in [0, 0.1) is 6.92 Å². The van der Waals surface area contributed by atoms with Gasteiger partial charge in [-0.2, -0.15) is 4.98 Å². The van der Waals surface area contributed by atoms with E-state index in [2.05, 4.69) is 15.2 Å². The molecule has 2 aromatic rings. The van der Waals surface area contributed by atoms with Gasteiger partial charge in [-0.15, -0.1) is 10.2 Å². The minimum Gasteiger partial charge on any atom is -0.477 e. The predicted octanol–water partition coefficient (Wildman–Crippen LogP) is 2.25. The molecular formula is C12H13N3O. The molecule has 0 saturated heterocycles. The van der Waals surface area contributed by atoms with Crippen LogP contribution in [-0.4, -0.2) is 21.8 Å². The minimum absolute atomic E-state index is 0.552. The highest BCUT2D eigenvalue weighted by Crippen LogP contribution is 2.18. The van der Waals surface area contributed by atoms with Crippen molar-refractivity contribution in [1.82, 2.24) is 15.2 Å². The van der Waals surface area contributed by atoms with Crippen molar-refractivity contribution in [2.24, 2.45) is 0 Å². The Morgan fingerprint density at radius 2 is 1.88 bits per heavy atom. The summed E-state index contributed by atoms with van der Waals surface area (Å²) >= 11 is 0.